The van der Waals surface area contributed by atoms with Gasteiger partial charge in [-0.15, -0.1) is 0 Å². The monoisotopic (exact) mass is 272 g/mol. The van der Waals surface area contributed by atoms with Crippen LogP contribution in [0.2, 0.25) is 0 Å². The molecular formula is C17H24N2O. The Kier molecular flexibility index (Phi) is 4.36. The second kappa shape index (κ2) is 6.40. The summed E-state index contributed by atoms with van der Waals surface area (Å²) >= 11 is 0. The predicted octanol–water partition coefficient (Wildman–Crippen LogP) is 2.15. The molecule has 1 fully saturated rings. The van der Waals surface area contributed by atoms with Crippen LogP contribution in [0.4, 0.5) is 0 Å². The zero-order chi connectivity index (χ0) is 13.8. The Morgan fingerprint density at radius 1 is 1.15 bits per heavy atom. The van der Waals surface area contributed by atoms with Gasteiger partial charge in [-0.25, -0.2) is 0 Å². The standard InChI is InChI=1S/C17H24N2O/c20-17(13-16-7-3-4-10-18-16)19-11-8-14-5-1-2-6-15(14)9-12-19/h1-2,5-6,16,18H,3-4,7-13H2. The number of benzene rings is 1. The SMILES string of the molecule is O=C(CC1CCCCN1)N1CCc2ccccc2CC1. The van der Waals surface area contributed by atoms with Crippen LogP contribution in [0.1, 0.15) is 36.8 Å². The second-order valence-corrected chi connectivity index (χ2v) is 6.00. The summed E-state index contributed by atoms with van der Waals surface area (Å²) in [5, 5.41) is 3.47. The van der Waals surface area contributed by atoms with E-state index in [1.807, 2.05) is 0 Å². The molecule has 3 heteroatoms. The van der Waals surface area contributed by atoms with Crippen LogP contribution in [0.15, 0.2) is 24.3 Å². The van der Waals surface area contributed by atoms with E-state index < -0.39 is 0 Å². The molecule has 108 valence electrons. The Morgan fingerprint density at radius 2 is 1.85 bits per heavy atom. The molecule has 1 unspecified atom stereocenters. The predicted molar refractivity (Wildman–Crippen MR) is 80.7 cm³/mol. The number of fused-ring (bicyclic) bond motifs is 1. The largest absolute Gasteiger partial charge is 0.342 e. The first-order valence-electron chi connectivity index (χ1n) is 7.91. The van der Waals surface area contributed by atoms with Gasteiger partial charge in [-0.3, -0.25) is 4.79 Å². The molecule has 0 radical (unpaired) electrons. The summed E-state index contributed by atoms with van der Waals surface area (Å²) in [6.45, 7) is 2.83. The summed E-state index contributed by atoms with van der Waals surface area (Å²) < 4.78 is 0. The average molecular weight is 272 g/mol. The van der Waals surface area contributed by atoms with Crippen LogP contribution in [0.25, 0.3) is 0 Å². The van der Waals surface area contributed by atoms with E-state index >= 15 is 0 Å². The fourth-order valence-corrected chi connectivity index (χ4v) is 3.36. The van der Waals surface area contributed by atoms with Crippen molar-refractivity contribution < 1.29 is 4.79 Å². The highest BCUT2D eigenvalue weighted by Crippen LogP contribution is 2.17. The Bertz CT molecular complexity index is 439. The van der Waals surface area contributed by atoms with Gasteiger partial charge in [0.15, 0.2) is 0 Å². The molecule has 0 aromatic heterocycles. The highest BCUT2D eigenvalue weighted by molar-refractivity contribution is 5.77. The van der Waals surface area contributed by atoms with Crippen molar-refractivity contribution in [1.82, 2.24) is 10.2 Å². The van der Waals surface area contributed by atoms with Gasteiger partial charge in [-0.05, 0) is 43.4 Å². The maximum absolute atomic E-state index is 12.5. The molecule has 2 aliphatic heterocycles. The molecule has 1 aromatic carbocycles. The third-order valence-electron chi connectivity index (χ3n) is 4.61. The van der Waals surface area contributed by atoms with Gasteiger partial charge < -0.3 is 10.2 Å². The number of hydrogen-bond acceptors (Lipinski definition) is 2. The Hall–Kier alpha value is -1.35. The zero-order valence-corrected chi connectivity index (χ0v) is 12.1. The molecule has 0 bridgehead atoms. The van der Waals surface area contributed by atoms with Crippen molar-refractivity contribution in [3.63, 3.8) is 0 Å². The summed E-state index contributed by atoms with van der Waals surface area (Å²) in [6.07, 6.45) is 6.34. The van der Waals surface area contributed by atoms with Crippen molar-refractivity contribution in [2.24, 2.45) is 0 Å². The van der Waals surface area contributed by atoms with Crippen LogP contribution in [0.5, 0.6) is 0 Å². The van der Waals surface area contributed by atoms with E-state index in [4.69, 9.17) is 0 Å². The zero-order valence-electron chi connectivity index (χ0n) is 12.1. The summed E-state index contributed by atoms with van der Waals surface area (Å²) in [5.41, 5.74) is 2.83. The number of nitrogens with zero attached hydrogens (tertiary/aromatic N) is 1. The Labute approximate surface area is 121 Å². The van der Waals surface area contributed by atoms with Crippen molar-refractivity contribution in [2.45, 2.75) is 44.6 Å². The first-order chi connectivity index (χ1) is 9.83. The lowest BCUT2D eigenvalue weighted by Gasteiger charge is -2.26. The fourth-order valence-electron chi connectivity index (χ4n) is 3.36. The van der Waals surface area contributed by atoms with Gasteiger partial charge in [-0.2, -0.15) is 0 Å². The molecule has 1 saturated heterocycles. The van der Waals surface area contributed by atoms with E-state index in [1.54, 1.807) is 0 Å². The van der Waals surface area contributed by atoms with E-state index in [1.165, 1.54) is 24.0 Å². The van der Waals surface area contributed by atoms with Crippen LogP contribution in [0, 0.1) is 0 Å². The minimum atomic E-state index is 0.331. The second-order valence-electron chi connectivity index (χ2n) is 6.00. The van der Waals surface area contributed by atoms with E-state index in [2.05, 4.69) is 34.5 Å². The fraction of sp³-hybridized carbons (Fsp3) is 0.588. The molecule has 20 heavy (non-hydrogen) atoms. The van der Waals surface area contributed by atoms with Gasteiger partial charge in [0.25, 0.3) is 0 Å². The lowest BCUT2D eigenvalue weighted by molar-refractivity contribution is -0.131. The number of rotatable bonds is 2. The number of carbonyl (C=O) groups excluding carboxylic acids is 1. The van der Waals surface area contributed by atoms with Crippen molar-refractivity contribution in [3.05, 3.63) is 35.4 Å². The lowest BCUT2D eigenvalue weighted by Crippen LogP contribution is -2.41. The topological polar surface area (TPSA) is 32.3 Å². The van der Waals surface area contributed by atoms with Gasteiger partial charge in [0.05, 0.1) is 0 Å². The number of carbonyl (C=O) groups is 1. The molecule has 0 aliphatic carbocycles. The molecule has 1 amide bonds. The maximum atomic E-state index is 12.5. The van der Waals surface area contributed by atoms with E-state index in [0.29, 0.717) is 18.4 Å². The number of amides is 1. The third-order valence-corrected chi connectivity index (χ3v) is 4.61. The summed E-state index contributed by atoms with van der Waals surface area (Å²) in [7, 11) is 0. The number of hydrogen-bond donors (Lipinski definition) is 1. The first-order valence-corrected chi connectivity index (χ1v) is 7.91. The molecule has 3 rings (SSSR count). The van der Waals surface area contributed by atoms with Crippen LogP contribution >= 0.6 is 0 Å². The summed E-state index contributed by atoms with van der Waals surface area (Å²) in [5.74, 6) is 0.331. The van der Waals surface area contributed by atoms with Crippen LogP contribution in [0.3, 0.4) is 0 Å². The molecule has 1 N–H and O–H groups in total. The van der Waals surface area contributed by atoms with Gasteiger partial charge >= 0.3 is 0 Å². The van der Waals surface area contributed by atoms with Crippen molar-refractivity contribution >= 4 is 5.91 Å². The minimum absolute atomic E-state index is 0.331. The highest BCUT2D eigenvalue weighted by Gasteiger charge is 2.22. The number of nitrogens with one attached hydrogen (secondary N) is 1. The molecule has 2 heterocycles. The third kappa shape index (κ3) is 3.21. The molecule has 1 aromatic rings. The highest BCUT2D eigenvalue weighted by atomic mass is 16.2. The van der Waals surface area contributed by atoms with Gasteiger partial charge in [-0.1, -0.05) is 30.7 Å². The van der Waals surface area contributed by atoms with E-state index in [9.17, 15) is 4.79 Å². The molecule has 0 saturated carbocycles. The smallest absolute Gasteiger partial charge is 0.224 e. The molecule has 0 spiro atoms. The average Bonchev–Trinajstić information content (AvgIpc) is 2.71. The molecule has 3 nitrogen and oxygen atoms in total. The van der Waals surface area contributed by atoms with Crippen LogP contribution in [-0.4, -0.2) is 36.5 Å². The quantitative estimate of drug-likeness (QED) is 0.894. The molecule has 2 aliphatic rings. The van der Waals surface area contributed by atoms with E-state index in [-0.39, 0.29) is 0 Å². The van der Waals surface area contributed by atoms with Crippen molar-refractivity contribution in [3.8, 4) is 0 Å². The lowest BCUT2D eigenvalue weighted by atomic mass is 10.0. The van der Waals surface area contributed by atoms with Crippen molar-refractivity contribution in [2.75, 3.05) is 19.6 Å². The Balaban J connectivity index is 1.57. The van der Waals surface area contributed by atoms with Gasteiger partial charge in [0, 0.05) is 25.6 Å². The Morgan fingerprint density at radius 3 is 2.45 bits per heavy atom. The van der Waals surface area contributed by atoms with Gasteiger partial charge in [0.1, 0.15) is 0 Å². The molecule has 1 atom stereocenters. The summed E-state index contributed by atoms with van der Waals surface area (Å²) in [6, 6.07) is 9.00. The maximum Gasteiger partial charge on any atom is 0.224 e. The van der Waals surface area contributed by atoms with E-state index in [0.717, 1.165) is 38.9 Å². The first kappa shape index (κ1) is 13.6. The van der Waals surface area contributed by atoms with Crippen LogP contribution < -0.4 is 5.32 Å². The number of piperidine rings is 1. The minimum Gasteiger partial charge on any atom is -0.342 e. The van der Waals surface area contributed by atoms with Crippen LogP contribution in [-0.2, 0) is 17.6 Å². The molecular weight excluding hydrogens is 248 g/mol. The van der Waals surface area contributed by atoms with Gasteiger partial charge in [0.2, 0.25) is 5.91 Å². The normalized spacial score (nSPS) is 23.0. The summed E-state index contributed by atoms with van der Waals surface area (Å²) in [4.78, 5) is 14.5. The van der Waals surface area contributed by atoms with Crippen molar-refractivity contribution in [1.29, 1.82) is 0 Å².